The van der Waals surface area contributed by atoms with E-state index in [1.807, 2.05) is 12.1 Å². The molecule has 0 saturated heterocycles. The first-order valence-electron chi connectivity index (χ1n) is 4.24. The molecule has 0 bridgehead atoms. The summed E-state index contributed by atoms with van der Waals surface area (Å²) in [5, 5.41) is 11.0. The number of carbonyl (C=O) groups excluding carboxylic acids is 1. The van der Waals surface area contributed by atoms with Crippen LogP contribution in [0.5, 0.6) is 0 Å². The van der Waals surface area contributed by atoms with Gasteiger partial charge in [-0.15, -0.1) is 0 Å². The summed E-state index contributed by atoms with van der Waals surface area (Å²) in [6, 6.07) is 1.47. The molecule has 4 nitrogen and oxygen atoms in total. The van der Waals surface area contributed by atoms with E-state index in [2.05, 4.69) is 5.32 Å². The summed E-state index contributed by atoms with van der Waals surface area (Å²) in [4.78, 5) is 11.3. The molecule has 0 aromatic heterocycles. The van der Waals surface area contributed by atoms with Crippen LogP contribution in [0.4, 0.5) is 0 Å². The van der Waals surface area contributed by atoms with Gasteiger partial charge in [-0.3, -0.25) is 4.79 Å². The second-order valence-electron chi connectivity index (χ2n) is 2.93. The molecule has 1 aliphatic rings. The maximum atomic E-state index is 11.3. The molecule has 70 valence electrons. The van der Waals surface area contributed by atoms with Crippen molar-refractivity contribution in [1.29, 1.82) is 5.26 Å². The summed E-state index contributed by atoms with van der Waals surface area (Å²) in [6.45, 7) is 1.64. The van der Waals surface area contributed by atoms with E-state index in [0.717, 1.165) is 6.42 Å². The SMILES string of the molecule is CC(C#N)NC(=O)C1CCC=CO1. The van der Waals surface area contributed by atoms with Gasteiger partial charge >= 0.3 is 0 Å². The van der Waals surface area contributed by atoms with E-state index in [1.54, 1.807) is 6.92 Å². The van der Waals surface area contributed by atoms with E-state index in [9.17, 15) is 4.79 Å². The molecule has 0 aliphatic carbocycles. The van der Waals surface area contributed by atoms with Gasteiger partial charge in [0, 0.05) is 0 Å². The van der Waals surface area contributed by atoms with Crippen LogP contribution in [0.15, 0.2) is 12.3 Å². The van der Waals surface area contributed by atoms with Gasteiger partial charge in [-0.2, -0.15) is 5.26 Å². The first-order valence-corrected chi connectivity index (χ1v) is 4.24. The number of nitriles is 1. The van der Waals surface area contributed by atoms with E-state index in [0.29, 0.717) is 6.42 Å². The molecular weight excluding hydrogens is 168 g/mol. The largest absolute Gasteiger partial charge is 0.489 e. The van der Waals surface area contributed by atoms with Crippen molar-refractivity contribution >= 4 is 5.91 Å². The highest BCUT2D eigenvalue weighted by Gasteiger charge is 2.21. The summed E-state index contributed by atoms with van der Waals surface area (Å²) in [5.74, 6) is -0.210. The average molecular weight is 180 g/mol. The van der Waals surface area contributed by atoms with Crippen molar-refractivity contribution in [1.82, 2.24) is 5.32 Å². The Morgan fingerprint density at radius 2 is 2.62 bits per heavy atom. The Bertz CT molecular complexity index is 255. The number of hydrogen-bond acceptors (Lipinski definition) is 3. The predicted octanol–water partition coefficient (Wildman–Crippen LogP) is 0.707. The van der Waals surface area contributed by atoms with E-state index in [4.69, 9.17) is 10.00 Å². The number of carbonyl (C=O) groups is 1. The van der Waals surface area contributed by atoms with Gasteiger partial charge in [0.25, 0.3) is 5.91 Å². The molecule has 1 aliphatic heterocycles. The molecule has 0 spiro atoms. The molecular formula is C9H12N2O2. The highest BCUT2D eigenvalue weighted by atomic mass is 16.5. The molecule has 0 fully saturated rings. The second kappa shape index (κ2) is 4.51. The lowest BCUT2D eigenvalue weighted by molar-refractivity contribution is -0.130. The Kier molecular flexibility index (Phi) is 3.32. The third-order valence-corrected chi connectivity index (χ3v) is 1.78. The number of rotatable bonds is 2. The predicted molar refractivity (Wildman–Crippen MR) is 46.5 cm³/mol. The molecule has 0 aromatic carbocycles. The average Bonchev–Trinajstić information content (AvgIpc) is 2.19. The van der Waals surface area contributed by atoms with E-state index in [-0.39, 0.29) is 5.91 Å². The number of hydrogen-bond donors (Lipinski definition) is 1. The van der Waals surface area contributed by atoms with Crippen LogP contribution in [0.2, 0.25) is 0 Å². The molecule has 1 heterocycles. The van der Waals surface area contributed by atoms with Crippen LogP contribution in [0.3, 0.4) is 0 Å². The minimum absolute atomic E-state index is 0.210. The molecule has 13 heavy (non-hydrogen) atoms. The number of nitrogens with zero attached hydrogens (tertiary/aromatic N) is 1. The monoisotopic (exact) mass is 180 g/mol. The first kappa shape index (κ1) is 9.59. The van der Waals surface area contributed by atoms with Crippen LogP contribution in [0.25, 0.3) is 0 Å². The van der Waals surface area contributed by atoms with Crippen molar-refractivity contribution in [3.05, 3.63) is 12.3 Å². The zero-order valence-corrected chi connectivity index (χ0v) is 7.49. The molecule has 0 saturated carbocycles. The zero-order valence-electron chi connectivity index (χ0n) is 7.49. The van der Waals surface area contributed by atoms with Crippen molar-refractivity contribution in [3.8, 4) is 6.07 Å². The molecule has 4 heteroatoms. The number of ether oxygens (including phenoxy) is 1. The third kappa shape index (κ3) is 2.79. The summed E-state index contributed by atoms with van der Waals surface area (Å²) in [7, 11) is 0. The molecule has 0 aromatic rings. The Balaban J connectivity index is 2.39. The Hall–Kier alpha value is -1.50. The number of allylic oxidation sites excluding steroid dienone is 1. The Morgan fingerprint density at radius 1 is 1.85 bits per heavy atom. The van der Waals surface area contributed by atoms with Gasteiger partial charge in [-0.05, 0) is 25.8 Å². The van der Waals surface area contributed by atoms with Crippen LogP contribution < -0.4 is 5.32 Å². The van der Waals surface area contributed by atoms with Crippen LogP contribution >= 0.6 is 0 Å². The summed E-state index contributed by atoms with van der Waals surface area (Å²) in [5.41, 5.74) is 0. The lowest BCUT2D eigenvalue weighted by Gasteiger charge is -2.19. The lowest BCUT2D eigenvalue weighted by atomic mass is 10.1. The third-order valence-electron chi connectivity index (χ3n) is 1.78. The van der Waals surface area contributed by atoms with Crippen LogP contribution in [-0.2, 0) is 9.53 Å². The van der Waals surface area contributed by atoms with Crippen molar-refractivity contribution in [2.75, 3.05) is 0 Å². The number of nitrogens with one attached hydrogen (secondary N) is 1. The molecule has 0 radical (unpaired) electrons. The van der Waals surface area contributed by atoms with E-state index >= 15 is 0 Å². The van der Waals surface area contributed by atoms with Crippen molar-refractivity contribution < 1.29 is 9.53 Å². The minimum atomic E-state index is -0.456. The zero-order chi connectivity index (χ0) is 9.68. The first-order chi connectivity index (χ1) is 6.24. The summed E-state index contributed by atoms with van der Waals surface area (Å²) < 4.78 is 5.08. The van der Waals surface area contributed by atoms with Gasteiger partial charge in [-0.25, -0.2) is 0 Å². The Morgan fingerprint density at radius 3 is 3.15 bits per heavy atom. The van der Waals surface area contributed by atoms with Gasteiger partial charge in [0.1, 0.15) is 6.04 Å². The Labute approximate surface area is 77.2 Å². The standard InChI is InChI=1S/C9H12N2O2/c1-7(6-10)11-9(12)8-4-2-3-5-13-8/h3,5,7-8H,2,4H2,1H3,(H,11,12). The maximum Gasteiger partial charge on any atom is 0.262 e. The highest BCUT2D eigenvalue weighted by molar-refractivity contribution is 5.81. The number of amides is 1. The minimum Gasteiger partial charge on any atom is -0.489 e. The highest BCUT2D eigenvalue weighted by Crippen LogP contribution is 2.10. The van der Waals surface area contributed by atoms with Gasteiger partial charge in [0.05, 0.1) is 12.3 Å². The van der Waals surface area contributed by atoms with Crippen LogP contribution in [0, 0.1) is 11.3 Å². The fourth-order valence-electron chi connectivity index (χ4n) is 1.07. The van der Waals surface area contributed by atoms with Crippen LogP contribution in [-0.4, -0.2) is 18.1 Å². The topological polar surface area (TPSA) is 62.1 Å². The van der Waals surface area contributed by atoms with Crippen molar-refractivity contribution in [2.24, 2.45) is 0 Å². The normalized spacial score (nSPS) is 22.6. The van der Waals surface area contributed by atoms with Crippen LogP contribution in [0.1, 0.15) is 19.8 Å². The van der Waals surface area contributed by atoms with Crippen molar-refractivity contribution in [2.45, 2.75) is 31.9 Å². The molecule has 2 atom stereocenters. The second-order valence-corrected chi connectivity index (χ2v) is 2.93. The van der Waals surface area contributed by atoms with E-state index < -0.39 is 12.1 Å². The van der Waals surface area contributed by atoms with Gasteiger partial charge < -0.3 is 10.1 Å². The molecule has 2 unspecified atom stereocenters. The maximum absolute atomic E-state index is 11.3. The quantitative estimate of drug-likeness (QED) is 0.680. The van der Waals surface area contributed by atoms with E-state index in [1.165, 1.54) is 6.26 Å². The fraction of sp³-hybridized carbons (Fsp3) is 0.556. The van der Waals surface area contributed by atoms with Gasteiger partial charge in [0.2, 0.25) is 0 Å². The molecule has 1 amide bonds. The molecule has 1 N–H and O–H groups in total. The lowest BCUT2D eigenvalue weighted by Crippen LogP contribution is -2.40. The fourth-order valence-corrected chi connectivity index (χ4v) is 1.07. The molecule has 1 rings (SSSR count). The van der Waals surface area contributed by atoms with Crippen molar-refractivity contribution in [3.63, 3.8) is 0 Å². The summed E-state index contributed by atoms with van der Waals surface area (Å²) in [6.07, 6.45) is 4.50. The van der Waals surface area contributed by atoms with Gasteiger partial charge in [0.15, 0.2) is 6.10 Å². The van der Waals surface area contributed by atoms with Gasteiger partial charge in [-0.1, -0.05) is 0 Å². The smallest absolute Gasteiger partial charge is 0.262 e. The summed E-state index contributed by atoms with van der Waals surface area (Å²) >= 11 is 0.